The van der Waals surface area contributed by atoms with Crippen LogP contribution in [-0.4, -0.2) is 11.9 Å². The normalized spacial score (nSPS) is 11.8. The summed E-state index contributed by atoms with van der Waals surface area (Å²) in [6, 6.07) is 14.6. The maximum atomic E-state index is 12.1. The molecule has 0 aliphatic carbocycles. The van der Waals surface area contributed by atoms with E-state index in [4.69, 9.17) is 11.6 Å². The van der Waals surface area contributed by atoms with Gasteiger partial charge in [-0.15, -0.1) is 0 Å². The molecule has 1 unspecified atom stereocenters. The van der Waals surface area contributed by atoms with E-state index in [1.807, 2.05) is 48.5 Å². The van der Waals surface area contributed by atoms with Crippen molar-refractivity contribution in [1.82, 2.24) is 0 Å². The molecule has 2 aromatic carbocycles. The molecule has 0 saturated heterocycles. The van der Waals surface area contributed by atoms with Crippen molar-refractivity contribution in [2.24, 2.45) is 0 Å². The van der Waals surface area contributed by atoms with E-state index >= 15 is 0 Å². The van der Waals surface area contributed by atoms with Gasteiger partial charge in [0.2, 0.25) is 5.91 Å². The van der Waals surface area contributed by atoms with Gasteiger partial charge in [0.05, 0.1) is 10.7 Å². The van der Waals surface area contributed by atoms with E-state index < -0.39 is 0 Å². The van der Waals surface area contributed by atoms with Crippen LogP contribution in [0.5, 0.6) is 0 Å². The molecule has 20 heavy (non-hydrogen) atoms. The molecule has 104 valence electrons. The summed E-state index contributed by atoms with van der Waals surface area (Å²) in [7, 11) is 0. The van der Waals surface area contributed by atoms with Gasteiger partial charge in [-0.1, -0.05) is 29.8 Å². The number of hydrogen-bond acceptors (Lipinski definition) is 2. The fraction of sp³-hybridized carbons (Fsp3) is 0.133. The molecular weight excluding hydrogens is 387 g/mol. The predicted molar refractivity (Wildman–Crippen MR) is 92.3 cm³/mol. The Hall–Kier alpha value is -1.27. The fourth-order valence-corrected chi connectivity index (χ4v) is 2.59. The van der Waals surface area contributed by atoms with Gasteiger partial charge in [0.25, 0.3) is 0 Å². The summed E-state index contributed by atoms with van der Waals surface area (Å²) >= 11 is 8.33. The first-order valence-electron chi connectivity index (χ1n) is 6.14. The number of hydrogen-bond donors (Lipinski definition) is 2. The molecule has 3 nitrogen and oxygen atoms in total. The van der Waals surface area contributed by atoms with Crippen LogP contribution in [0.25, 0.3) is 0 Å². The van der Waals surface area contributed by atoms with E-state index in [0.717, 1.165) is 14.9 Å². The Morgan fingerprint density at radius 2 is 1.90 bits per heavy atom. The molecule has 0 bridgehead atoms. The van der Waals surface area contributed by atoms with E-state index in [9.17, 15) is 4.79 Å². The van der Waals surface area contributed by atoms with E-state index in [1.165, 1.54) is 0 Å². The number of nitrogens with one attached hydrogen (secondary N) is 2. The first kappa shape index (κ1) is 15.1. The smallest absolute Gasteiger partial charge is 0.246 e. The van der Waals surface area contributed by atoms with Crippen LogP contribution in [0.3, 0.4) is 0 Å². The minimum absolute atomic E-state index is 0.106. The van der Waals surface area contributed by atoms with Crippen molar-refractivity contribution in [3.63, 3.8) is 0 Å². The molecule has 0 heterocycles. The SMILES string of the molecule is CC(Nc1ccc(I)cc1Cl)C(=O)Nc1ccccc1. The Morgan fingerprint density at radius 3 is 2.55 bits per heavy atom. The van der Waals surface area contributed by atoms with Crippen molar-refractivity contribution < 1.29 is 4.79 Å². The fourth-order valence-electron chi connectivity index (χ4n) is 1.68. The summed E-state index contributed by atoms with van der Waals surface area (Å²) in [5.41, 5.74) is 1.53. The monoisotopic (exact) mass is 400 g/mol. The predicted octanol–water partition coefficient (Wildman–Crippen LogP) is 4.38. The van der Waals surface area contributed by atoms with Gasteiger partial charge in [-0.25, -0.2) is 0 Å². The Balaban J connectivity index is 2.00. The second kappa shape index (κ2) is 6.95. The standard InChI is InChI=1S/C15H14ClIN2O/c1-10(15(20)19-12-5-3-2-4-6-12)18-14-8-7-11(17)9-13(14)16/h2-10,18H,1H3,(H,19,20). The van der Waals surface area contributed by atoms with Crippen LogP contribution in [-0.2, 0) is 4.79 Å². The number of anilines is 2. The number of carbonyl (C=O) groups is 1. The minimum Gasteiger partial charge on any atom is -0.373 e. The van der Waals surface area contributed by atoms with Crippen molar-refractivity contribution in [1.29, 1.82) is 0 Å². The van der Waals surface area contributed by atoms with Crippen LogP contribution >= 0.6 is 34.2 Å². The van der Waals surface area contributed by atoms with Crippen molar-refractivity contribution >= 4 is 51.5 Å². The molecule has 5 heteroatoms. The van der Waals surface area contributed by atoms with E-state index in [1.54, 1.807) is 6.92 Å². The van der Waals surface area contributed by atoms with Crippen molar-refractivity contribution in [3.05, 3.63) is 57.1 Å². The molecule has 0 spiro atoms. The lowest BCUT2D eigenvalue weighted by Crippen LogP contribution is -2.31. The molecule has 0 aliphatic rings. The Kier molecular flexibility index (Phi) is 5.25. The Morgan fingerprint density at radius 1 is 1.20 bits per heavy atom. The molecule has 2 rings (SSSR count). The molecule has 1 amide bonds. The third-order valence-corrected chi connectivity index (χ3v) is 3.72. The average Bonchev–Trinajstić information content (AvgIpc) is 2.43. The second-order valence-electron chi connectivity index (χ2n) is 4.35. The molecule has 0 aromatic heterocycles. The van der Waals surface area contributed by atoms with Crippen LogP contribution in [0.1, 0.15) is 6.92 Å². The Labute approximate surface area is 136 Å². The highest BCUT2D eigenvalue weighted by atomic mass is 127. The quantitative estimate of drug-likeness (QED) is 0.748. The number of benzene rings is 2. The summed E-state index contributed by atoms with van der Waals surface area (Å²) in [6.07, 6.45) is 0. The lowest BCUT2D eigenvalue weighted by molar-refractivity contribution is -0.116. The van der Waals surface area contributed by atoms with E-state index in [2.05, 4.69) is 33.2 Å². The molecule has 2 aromatic rings. The summed E-state index contributed by atoms with van der Waals surface area (Å²) in [4.78, 5) is 12.1. The first-order valence-corrected chi connectivity index (χ1v) is 7.59. The molecule has 2 N–H and O–H groups in total. The molecule has 0 radical (unpaired) electrons. The summed E-state index contributed by atoms with van der Waals surface area (Å²) in [5, 5.41) is 6.56. The van der Waals surface area contributed by atoms with Crippen LogP contribution in [0.4, 0.5) is 11.4 Å². The van der Waals surface area contributed by atoms with Crippen LogP contribution in [0.15, 0.2) is 48.5 Å². The maximum absolute atomic E-state index is 12.1. The van der Waals surface area contributed by atoms with Gasteiger partial charge in [0, 0.05) is 9.26 Å². The summed E-state index contributed by atoms with van der Waals surface area (Å²) in [6.45, 7) is 1.80. The highest BCUT2D eigenvalue weighted by Crippen LogP contribution is 2.24. The molecular formula is C15H14ClIN2O. The van der Waals surface area contributed by atoms with Gasteiger partial charge in [0.1, 0.15) is 6.04 Å². The Bertz CT molecular complexity index is 604. The third kappa shape index (κ3) is 4.11. The highest BCUT2D eigenvalue weighted by molar-refractivity contribution is 14.1. The number of amides is 1. The zero-order valence-electron chi connectivity index (χ0n) is 10.9. The summed E-state index contributed by atoms with van der Waals surface area (Å²) in [5.74, 6) is -0.106. The number of para-hydroxylation sites is 1. The van der Waals surface area contributed by atoms with E-state index in [0.29, 0.717) is 5.02 Å². The lowest BCUT2D eigenvalue weighted by atomic mass is 10.2. The van der Waals surface area contributed by atoms with Gasteiger partial charge in [-0.2, -0.15) is 0 Å². The zero-order chi connectivity index (χ0) is 14.5. The minimum atomic E-state index is -0.382. The van der Waals surface area contributed by atoms with Gasteiger partial charge in [-0.3, -0.25) is 4.79 Å². The lowest BCUT2D eigenvalue weighted by Gasteiger charge is -2.16. The van der Waals surface area contributed by atoms with E-state index in [-0.39, 0.29) is 11.9 Å². The average molecular weight is 401 g/mol. The topological polar surface area (TPSA) is 41.1 Å². The molecule has 0 aliphatic heterocycles. The van der Waals surface area contributed by atoms with Crippen molar-refractivity contribution in [2.45, 2.75) is 13.0 Å². The maximum Gasteiger partial charge on any atom is 0.246 e. The molecule has 1 atom stereocenters. The zero-order valence-corrected chi connectivity index (χ0v) is 13.8. The van der Waals surface area contributed by atoms with Crippen molar-refractivity contribution in [3.8, 4) is 0 Å². The summed E-state index contributed by atoms with van der Waals surface area (Å²) < 4.78 is 1.06. The van der Waals surface area contributed by atoms with Gasteiger partial charge < -0.3 is 10.6 Å². The number of rotatable bonds is 4. The van der Waals surface area contributed by atoms with Gasteiger partial charge in [0.15, 0.2) is 0 Å². The second-order valence-corrected chi connectivity index (χ2v) is 6.00. The molecule has 0 saturated carbocycles. The largest absolute Gasteiger partial charge is 0.373 e. The highest BCUT2D eigenvalue weighted by Gasteiger charge is 2.14. The van der Waals surface area contributed by atoms with Crippen LogP contribution in [0, 0.1) is 3.57 Å². The number of carbonyl (C=O) groups excluding carboxylic acids is 1. The number of halogens is 2. The van der Waals surface area contributed by atoms with Crippen LogP contribution in [0.2, 0.25) is 5.02 Å². The van der Waals surface area contributed by atoms with Crippen LogP contribution < -0.4 is 10.6 Å². The van der Waals surface area contributed by atoms with Crippen molar-refractivity contribution in [2.75, 3.05) is 10.6 Å². The third-order valence-electron chi connectivity index (χ3n) is 2.74. The van der Waals surface area contributed by atoms with Gasteiger partial charge >= 0.3 is 0 Å². The first-order chi connectivity index (χ1) is 9.56. The van der Waals surface area contributed by atoms with Gasteiger partial charge in [-0.05, 0) is 59.8 Å². The molecule has 0 fully saturated rings.